The lowest BCUT2D eigenvalue weighted by molar-refractivity contribution is -0.137. The zero-order valence-corrected chi connectivity index (χ0v) is 11.5. The van der Waals surface area contributed by atoms with Crippen molar-refractivity contribution in [3.05, 3.63) is 34.5 Å². The van der Waals surface area contributed by atoms with Gasteiger partial charge in [-0.2, -0.15) is 18.3 Å². The van der Waals surface area contributed by atoms with E-state index in [2.05, 4.69) is 10.4 Å². The van der Waals surface area contributed by atoms with Gasteiger partial charge in [0, 0.05) is 7.05 Å². The van der Waals surface area contributed by atoms with Crippen LogP contribution in [-0.2, 0) is 13.2 Å². The molecule has 0 unspecified atom stereocenters. The normalized spacial score (nSPS) is 11.7. The Morgan fingerprint density at radius 1 is 1.35 bits per heavy atom. The Morgan fingerprint density at radius 3 is 2.45 bits per heavy atom. The molecule has 4 nitrogen and oxygen atoms in total. The summed E-state index contributed by atoms with van der Waals surface area (Å²) < 4.78 is 39.1. The van der Waals surface area contributed by atoms with Gasteiger partial charge in [-0.25, -0.2) is 0 Å². The first kappa shape index (κ1) is 14.5. The zero-order chi connectivity index (χ0) is 15.1. The van der Waals surface area contributed by atoms with Crippen molar-refractivity contribution < 1.29 is 13.2 Å². The van der Waals surface area contributed by atoms with E-state index in [9.17, 15) is 13.2 Å². The molecule has 0 saturated carbocycles. The van der Waals surface area contributed by atoms with Crippen LogP contribution in [0.25, 0.3) is 0 Å². The number of benzene rings is 1. The number of hydrogen-bond donors (Lipinski definition) is 2. The number of nitrogen functional groups attached to an aromatic ring is 1. The monoisotopic (exact) mass is 304 g/mol. The topological polar surface area (TPSA) is 55.9 Å². The molecule has 2 rings (SSSR count). The molecule has 20 heavy (non-hydrogen) atoms. The Hall–Kier alpha value is -1.89. The predicted octanol–water partition coefficient (Wildman–Crippen LogP) is 3.73. The van der Waals surface area contributed by atoms with E-state index in [1.807, 2.05) is 0 Å². The van der Waals surface area contributed by atoms with E-state index in [1.165, 1.54) is 10.7 Å². The summed E-state index contributed by atoms with van der Waals surface area (Å²) in [6.45, 7) is 1.73. The molecule has 0 atom stereocenters. The van der Waals surface area contributed by atoms with Crippen LogP contribution < -0.4 is 11.1 Å². The van der Waals surface area contributed by atoms with E-state index >= 15 is 0 Å². The fraction of sp³-hybridized carbons (Fsp3) is 0.250. The SMILES string of the molecule is Cc1nn(C)c(Nc2ccc(C(F)(F)F)cc2Cl)c1N. The average molecular weight is 305 g/mol. The van der Waals surface area contributed by atoms with E-state index < -0.39 is 11.7 Å². The van der Waals surface area contributed by atoms with Gasteiger partial charge in [0.25, 0.3) is 0 Å². The molecule has 1 aromatic heterocycles. The number of nitrogens with two attached hydrogens (primary N) is 1. The molecular formula is C12H12ClF3N4. The van der Waals surface area contributed by atoms with Gasteiger partial charge >= 0.3 is 6.18 Å². The number of nitrogens with zero attached hydrogens (tertiary/aromatic N) is 2. The maximum Gasteiger partial charge on any atom is 0.416 e. The number of alkyl halides is 3. The van der Waals surface area contributed by atoms with Gasteiger partial charge in [-0.3, -0.25) is 4.68 Å². The number of hydrogen-bond acceptors (Lipinski definition) is 3. The van der Waals surface area contributed by atoms with Crippen molar-refractivity contribution in [1.82, 2.24) is 9.78 Å². The van der Waals surface area contributed by atoms with E-state index in [1.54, 1.807) is 14.0 Å². The lowest BCUT2D eigenvalue weighted by Crippen LogP contribution is -2.06. The maximum atomic E-state index is 12.5. The molecule has 0 bridgehead atoms. The Morgan fingerprint density at radius 2 is 2.00 bits per heavy atom. The lowest BCUT2D eigenvalue weighted by atomic mass is 10.2. The fourth-order valence-electron chi connectivity index (χ4n) is 1.74. The molecule has 3 N–H and O–H groups in total. The molecule has 1 heterocycles. The number of aryl methyl sites for hydroxylation is 2. The van der Waals surface area contributed by atoms with Crippen LogP contribution >= 0.6 is 11.6 Å². The maximum absolute atomic E-state index is 12.5. The highest BCUT2D eigenvalue weighted by atomic mass is 35.5. The van der Waals surface area contributed by atoms with Crippen LogP contribution in [0.5, 0.6) is 0 Å². The highest BCUT2D eigenvalue weighted by molar-refractivity contribution is 6.33. The second kappa shape index (κ2) is 4.90. The first-order chi connectivity index (χ1) is 9.20. The largest absolute Gasteiger partial charge is 0.416 e. The van der Waals surface area contributed by atoms with Crippen LogP contribution in [0.15, 0.2) is 18.2 Å². The quantitative estimate of drug-likeness (QED) is 0.889. The number of nitrogens with one attached hydrogen (secondary N) is 1. The Bertz CT molecular complexity index is 649. The Balaban J connectivity index is 2.35. The van der Waals surface area contributed by atoms with Crippen LogP contribution in [-0.4, -0.2) is 9.78 Å². The first-order valence-corrected chi connectivity index (χ1v) is 6.01. The summed E-state index contributed by atoms with van der Waals surface area (Å²) >= 11 is 5.86. The minimum absolute atomic E-state index is 0.0434. The van der Waals surface area contributed by atoms with Gasteiger partial charge in [-0.05, 0) is 25.1 Å². The third-order valence-corrected chi connectivity index (χ3v) is 3.13. The third kappa shape index (κ3) is 2.67. The summed E-state index contributed by atoms with van der Waals surface area (Å²) in [7, 11) is 1.67. The second-order valence-electron chi connectivity index (χ2n) is 4.29. The van der Waals surface area contributed by atoms with Gasteiger partial charge in [-0.1, -0.05) is 11.6 Å². The summed E-state index contributed by atoms with van der Waals surface area (Å²) in [4.78, 5) is 0. The van der Waals surface area contributed by atoms with Gasteiger partial charge < -0.3 is 11.1 Å². The van der Waals surface area contributed by atoms with E-state index in [4.69, 9.17) is 17.3 Å². The summed E-state index contributed by atoms with van der Waals surface area (Å²) in [5.74, 6) is 0.476. The van der Waals surface area contributed by atoms with Crippen LogP contribution in [0.2, 0.25) is 5.02 Å². The minimum Gasteiger partial charge on any atom is -0.394 e. The van der Waals surface area contributed by atoms with Crippen molar-refractivity contribution >= 4 is 28.8 Å². The summed E-state index contributed by atoms with van der Waals surface area (Å²) in [5, 5.41) is 6.94. The third-order valence-electron chi connectivity index (χ3n) is 2.82. The van der Waals surface area contributed by atoms with Crippen molar-refractivity contribution in [1.29, 1.82) is 0 Å². The first-order valence-electron chi connectivity index (χ1n) is 5.63. The number of anilines is 3. The highest BCUT2D eigenvalue weighted by Gasteiger charge is 2.31. The van der Waals surface area contributed by atoms with Gasteiger partial charge in [-0.15, -0.1) is 0 Å². The minimum atomic E-state index is -4.43. The summed E-state index contributed by atoms with van der Waals surface area (Å²) in [6, 6.07) is 3.07. The molecule has 2 aromatic rings. The van der Waals surface area contributed by atoms with Crippen molar-refractivity contribution in [2.75, 3.05) is 11.1 Å². The molecule has 0 amide bonds. The molecule has 0 spiro atoms. The summed E-state index contributed by atoms with van der Waals surface area (Å²) in [6.07, 6.45) is -4.43. The number of halogens is 4. The van der Waals surface area contributed by atoms with Crippen molar-refractivity contribution in [2.24, 2.45) is 7.05 Å². The van der Waals surface area contributed by atoms with Gasteiger partial charge in [0.1, 0.15) is 0 Å². The number of aromatic nitrogens is 2. The Labute approximate surface area is 118 Å². The van der Waals surface area contributed by atoms with Gasteiger partial charge in [0.2, 0.25) is 0 Å². The van der Waals surface area contributed by atoms with E-state index in [0.29, 0.717) is 22.9 Å². The number of rotatable bonds is 2. The smallest absolute Gasteiger partial charge is 0.394 e. The van der Waals surface area contributed by atoms with Crippen molar-refractivity contribution in [2.45, 2.75) is 13.1 Å². The second-order valence-corrected chi connectivity index (χ2v) is 4.70. The molecule has 1 aromatic carbocycles. The van der Waals surface area contributed by atoms with E-state index in [-0.39, 0.29) is 5.02 Å². The van der Waals surface area contributed by atoms with Crippen molar-refractivity contribution in [3.63, 3.8) is 0 Å². The van der Waals surface area contributed by atoms with Gasteiger partial charge in [0.15, 0.2) is 5.82 Å². The molecule has 0 fully saturated rings. The summed E-state index contributed by atoms with van der Waals surface area (Å²) in [5.41, 5.74) is 6.40. The van der Waals surface area contributed by atoms with Gasteiger partial charge in [0.05, 0.1) is 27.7 Å². The molecular weight excluding hydrogens is 293 g/mol. The standard InChI is InChI=1S/C12H12ClF3N4/c1-6-10(17)11(20(2)19-6)18-9-4-3-7(5-8(9)13)12(14,15)16/h3-5,18H,17H2,1-2H3. The van der Waals surface area contributed by atoms with Crippen LogP contribution in [0, 0.1) is 6.92 Å². The molecule has 0 aliphatic carbocycles. The predicted molar refractivity (Wildman–Crippen MR) is 72.1 cm³/mol. The molecule has 0 saturated heterocycles. The lowest BCUT2D eigenvalue weighted by Gasteiger charge is -2.12. The van der Waals surface area contributed by atoms with Crippen LogP contribution in [0.1, 0.15) is 11.3 Å². The molecule has 8 heteroatoms. The Kier molecular flexibility index (Phi) is 3.56. The molecule has 0 aliphatic heterocycles. The van der Waals surface area contributed by atoms with Crippen LogP contribution in [0.4, 0.5) is 30.4 Å². The molecule has 108 valence electrons. The highest BCUT2D eigenvalue weighted by Crippen LogP contribution is 2.35. The van der Waals surface area contributed by atoms with Crippen molar-refractivity contribution in [3.8, 4) is 0 Å². The van der Waals surface area contributed by atoms with E-state index in [0.717, 1.165) is 12.1 Å². The molecule has 0 radical (unpaired) electrons. The zero-order valence-electron chi connectivity index (χ0n) is 10.7. The average Bonchev–Trinajstić information content (AvgIpc) is 2.57. The fourth-order valence-corrected chi connectivity index (χ4v) is 1.97. The molecule has 0 aliphatic rings. The van der Waals surface area contributed by atoms with Crippen LogP contribution in [0.3, 0.4) is 0 Å².